The molecule has 74 heavy (non-hydrogen) atoms. The molecule has 1 aliphatic rings. The number of carboxylic acid groups (broad SMARTS) is 1. The SMILES string of the molecule is CCNCC(=O)N[C@@H](CCCN=C(N)N)C(=O)N[C@H](C(=O)N(C)[C@@H](Cc1ccc(O)cc1)C(=O)N[C@H](C(=O)N[C@@H](Cc1cnc[nH]1)C(=O)N1CCC[C@H]1C(=O)N[C@@H](Cc1ccccc1)C(=O)O)[C@@H](C)CC)C(C)C. The van der Waals surface area contributed by atoms with Crippen molar-refractivity contribution in [3.05, 3.63) is 83.9 Å². The first kappa shape index (κ1) is 59.0. The van der Waals surface area contributed by atoms with Crippen LogP contribution in [0.5, 0.6) is 5.75 Å². The van der Waals surface area contributed by atoms with Crippen molar-refractivity contribution in [2.24, 2.45) is 28.3 Å². The first-order valence-corrected chi connectivity index (χ1v) is 25.1. The number of carboxylic acids is 1. The van der Waals surface area contributed by atoms with Crippen molar-refractivity contribution in [2.75, 3.05) is 33.2 Å². The molecule has 13 N–H and O–H groups in total. The lowest BCUT2D eigenvalue weighted by Gasteiger charge is -2.35. The summed E-state index contributed by atoms with van der Waals surface area (Å²) in [5.41, 5.74) is 12.7. The second-order valence-corrected chi connectivity index (χ2v) is 18.9. The number of aliphatic imine (C=N–C) groups is 1. The molecule has 3 aromatic rings. The molecule has 2 aromatic carbocycles. The number of likely N-dealkylation sites (N-methyl/N-ethyl adjacent to an activating group) is 2. The molecule has 7 amide bonds. The Morgan fingerprint density at radius 2 is 1.50 bits per heavy atom. The van der Waals surface area contributed by atoms with E-state index in [0.717, 1.165) is 0 Å². The average Bonchev–Trinajstić information content (AvgIpc) is 4.09. The van der Waals surface area contributed by atoms with E-state index in [1.165, 1.54) is 41.5 Å². The average molecular weight is 1030 g/mol. The molecular weight excluding hydrogens is 955 g/mol. The van der Waals surface area contributed by atoms with Crippen molar-refractivity contribution in [2.45, 2.75) is 128 Å². The number of phenols is 1. The molecule has 0 aliphatic carbocycles. The van der Waals surface area contributed by atoms with Gasteiger partial charge in [0.2, 0.25) is 41.4 Å². The molecule has 1 fully saturated rings. The summed E-state index contributed by atoms with van der Waals surface area (Å²) in [5.74, 6) is -6.96. The number of nitrogens with zero attached hydrogens (tertiary/aromatic N) is 4. The zero-order valence-corrected chi connectivity index (χ0v) is 43.1. The number of aromatic nitrogens is 2. The topological polar surface area (TPSA) is 349 Å². The number of aromatic amines is 1. The van der Waals surface area contributed by atoms with Gasteiger partial charge in [-0.1, -0.05) is 83.5 Å². The van der Waals surface area contributed by atoms with E-state index in [4.69, 9.17) is 11.5 Å². The third-order valence-corrected chi connectivity index (χ3v) is 13.0. The predicted molar refractivity (Wildman–Crippen MR) is 276 cm³/mol. The zero-order chi connectivity index (χ0) is 54.5. The summed E-state index contributed by atoms with van der Waals surface area (Å²) >= 11 is 0. The van der Waals surface area contributed by atoms with Gasteiger partial charge in [0.15, 0.2) is 5.96 Å². The Hall–Kier alpha value is -7.56. The van der Waals surface area contributed by atoms with Gasteiger partial charge < -0.3 is 68.4 Å². The molecule has 0 radical (unpaired) electrons. The van der Waals surface area contributed by atoms with Crippen molar-refractivity contribution in [3.8, 4) is 5.75 Å². The van der Waals surface area contributed by atoms with Crippen molar-refractivity contribution in [1.82, 2.24) is 51.7 Å². The number of aromatic hydroxyl groups is 1. The number of imidazole rings is 1. The fourth-order valence-electron chi connectivity index (χ4n) is 8.51. The Labute approximate surface area is 431 Å². The lowest BCUT2D eigenvalue weighted by atomic mass is 9.95. The minimum Gasteiger partial charge on any atom is -0.508 e. The zero-order valence-electron chi connectivity index (χ0n) is 43.1. The van der Waals surface area contributed by atoms with Crippen LogP contribution in [0.1, 0.15) is 83.5 Å². The van der Waals surface area contributed by atoms with Gasteiger partial charge in [-0.05, 0) is 67.3 Å². The molecule has 404 valence electrons. The Morgan fingerprint density at radius 3 is 2.11 bits per heavy atom. The van der Waals surface area contributed by atoms with E-state index in [1.807, 2.05) is 13.8 Å². The van der Waals surface area contributed by atoms with Crippen LogP contribution in [0.4, 0.5) is 0 Å². The van der Waals surface area contributed by atoms with Crippen LogP contribution in [-0.2, 0) is 57.6 Å². The quantitative estimate of drug-likeness (QED) is 0.0245. The van der Waals surface area contributed by atoms with Crippen LogP contribution in [0, 0.1) is 11.8 Å². The van der Waals surface area contributed by atoms with Crippen LogP contribution in [0.3, 0.4) is 0 Å². The fourth-order valence-corrected chi connectivity index (χ4v) is 8.51. The molecule has 0 saturated carbocycles. The lowest BCUT2D eigenvalue weighted by Crippen LogP contribution is -2.62. The number of aliphatic carboxylic acids is 1. The van der Waals surface area contributed by atoms with E-state index in [1.54, 1.807) is 63.2 Å². The normalized spacial score (nSPS) is 16.0. The Morgan fingerprint density at radius 1 is 0.824 bits per heavy atom. The summed E-state index contributed by atoms with van der Waals surface area (Å²) in [7, 11) is 1.40. The summed E-state index contributed by atoms with van der Waals surface area (Å²) in [6.45, 7) is 9.58. The van der Waals surface area contributed by atoms with Crippen LogP contribution in [0.15, 0.2) is 72.1 Å². The van der Waals surface area contributed by atoms with Crippen molar-refractivity contribution >= 4 is 53.3 Å². The van der Waals surface area contributed by atoms with Gasteiger partial charge in [0.25, 0.3) is 0 Å². The lowest BCUT2D eigenvalue weighted by molar-refractivity contribution is -0.145. The Kier molecular flexibility index (Phi) is 23.3. The number of guanidine groups is 1. The van der Waals surface area contributed by atoms with Gasteiger partial charge in [0, 0.05) is 51.3 Å². The predicted octanol–water partition coefficient (Wildman–Crippen LogP) is -0.165. The summed E-state index contributed by atoms with van der Waals surface area (Å²) in [4.78, 5) is 125. The highest BCUT2D eigenvalue weighted by molar-refractivity contribution is 5.98. The van der Waals surface area contributed by atoms with Gasteiger partial charge >= 0.3 is 5.97 Å². The number of H-pyrrole nitrogens is 1. The maximum Gasteiger partial charge on any atom is 0.326 e. The molecule has 1 aromatic heterocycles. The van der Waals surface area contributed by atoms with Crippen LogP contribution >= 0.6 is 0 Å². The van der Waals surface area contributed by atoms with Crippen LogP contribution in [-0.4, -0.2) is 159 Å². The first-order chi connectivity index (χ1) is 35.2. The first-order valence-electron chi connectivity index (χ1n) is 25.1. The fraction of sp³-hybridized carbons (Fsp3) is 0.529. The highest BCUT2D eigenvalue weighted by Gasteiger charge is 2.41. The molecular formula is C51H75N13O10. The van der Waals surface area contributed by atoms with E-state index >= 15 is 0 Å². The summed E-state index contributed by atoms with van der Waals surface area (Å²) < 4.78 is 0. The third-order valence-electron chi connectivity index (χ3n) is 13.0. The van der Waals surface area contributed by atoms with Crippen molar-refractivity contribution in [3.63, 3.8) is 0 Å². The molecule has 2 heterocycles. The minimum absolute atomic E-state index is 0.0148. The van der Waals surface area contributed by atoms with E-state index < -0.39 is 101 Å². The second-order valence-electron chi connectivity index (χ2n) is 18.9. The monoisotopic (exact) mass is 1030 g/mol. The molecule has 0 spiro atoms. The number of benzene rings is 2. The van der Waals surface area contributed by atoms with Gasteiger partial charge in [0.05, 0.1) is 12.9 Å². The number of hydrogen-bond acceptors (Lipinski definition) is 12. The number of hydrogen-bond donors (Lipinski definition) is 11. The standard InChI is InChI=1S/C51H75N13O10/c1-7-31(5)43(47(70)59-37(26-34-27-55-29-57-34)48(71)64-23-13-17-39(64)45(68)60-38(50(73)74)24-32-14-10-9-11-15-32)62-46(69)40(25-33-18-20-35(65)21-19-33)63(6)49(72)42(30(3)4)61-44(67)36(16-12-22-56-51(52)53)58-41(66)28-54-8-2/h9-11,14-15,18-21,27,29-31,36-40,42-43,54,65H,7-8,12-13,16-17,22-26,28H2,1-6H3,(H,55,57)(H,58,66)(H,59,70)(H,60,68)(H,61,67)(H,62,69)(H,73,74)(H4,52,53,56)/t31-,36-,37-,38-,39-,40-,42-,43-/m0/s1. The van der Waals surface area contributed by atoms with Gasteiger partial charge in [-0.25, -0.2) is 9.78 Å². The van der Waals surface area contributed by atoms with Gasteiger partial charge in [-0.15, -0.1) is 0 Å². The van der Waals surface area contributed by atoms with E-state index in [-0.39, 0.29) is 63.4 Å². The van der Waals surface area contributed by atoms with Gasteiger partial charge in [-0.3, -0.25) is 38.6 Å². The number of likely N-dealkylation sites (tertiary alicyclic amines) is 1. The molecule has 0 bridgehead atoms. The molecule has 1 aliphatic heterocycles. The van der Waals surface area contributed by atoms with Crippen LogP contribution in [0.2, 0.25) is 0 Å². The smallest absolute Gasteiger partial charge is 0.326 e. The molecule has 23 nitrogen and oxygen atoms in total. The number of rotatable bonds is 29. The second kappa shape index (κ2) is 29.2. The van der Waals surface area contributed by atoms with E-state index in [0.29, 0.717) is 42.6 Å². The van der Waals surface area contributed by atoms with Crippen molar-refractivity contribution < 1.29 is 48.6 Å². The summed E-state index contributed by atoms with van der Waals surface area (Å²) in [5, 5.41) is 36.8. The highest BCUT2D eigenvalue weighted by atomic mass is 16.4. The molecule has 1 saturated heterocycles. The van der Waals surface area contributed by atoms with Crippen LogP contribution in [0.25, 0.3) is 0 Å². The molecule has 8 atom stereocenters. The number of nitrogens with one attached hydrogen (secondary N) is 7. The number of nitrogens with two attached hydrogens (primary N) is 2. The van der Waals surface area contributed by atoms with Crippen LogP contribution < -0.4 is 43.4 Å². The third kappa shape index (κ3) is 17.9. The molecule has 4 rings (SSSR count). The Bertz CT molecular complexity index is 2360. The van der Waals surface area contributed by atoms with Gasteiger partial charge in [0.1, 0.15) is 48.0 Å². The molecule has 23 heteroatoms. The number of carbonyl (C=O) groups is 8. The Balaban J connectivity index is 1.61. The summed E-state index contributed by atoms with van der Waals surface area (Å²) in [6.07, 6.45) is 4.24. The van der Waals surface area contributed by atoms with Crippen molar-refractivity contribution in [1.29, 1.82) is 0 Å². The maximum atomic E-state index is 14.8. The van der Waals surface area contributed by atoms with E-state index in [2.05, 4.69) is 46.9 Å². The highest BCUT2D eigenvalue weighted by Crippen LogP contribution is 2.22. The number of carbonyl (C=O) groups excluding carboxylic acids is 7. The summed E-state index contributed by atoms with van der Waals surface area (Å²) in [6, 6.07) is 6.39. The van der Waals surface area contributed by atoms with Gasteiger partial charge in [-0.2, -0.15) is 0 Å². The minimum atomic E-state index is -1.30. The maximum absolute atomic E-state index is 14.8. The number of phenolic OH excluding ortho intramolecular Hbond substituents is 1. The van der Waals surface area contributed by atoms with E-state index in [9.17, 15) is 48.6 Å². The number of amides is 7. The molecule has 0 unspecified atom stereocenters. The largest absolute Gasteiger partial charge is 0.508 e.